The quantitative estimate of drug-likeness (QED) is 0.884. The van der Waals surface area contributed by atoms with Crippen LogP contribution in [-0.2, 0) is 20.0 Å². The number of methoxy groups -OCH3 is 1. The molecule has 1 aliphatic heterocycles. The summed E-state index contributed by atoms with van der Waals surface area (Å²) in [5.41, 5.74) is 1.88. The van der Waals surface area contributed by atoms with E-state index in [2.05, 4.69) is 15.3 Å². The number of ether oxygens (including phenoxy) is 1. The molecule has 3 heterocycles. The molecular weight excluding hydrogens is 298 g/mol. The second-order valence-corrected chi connectivity index (χ2v) is 5.28. The summed E-state index contributed by atoms with van der Waals surface area (Å²) in [5, 5.41) is 2.78. The van der Waals surface area contributed by atoms with E-state index in [1.54, 1.807) is 24.1 Å². The van der Waals surface area contributed by atoms with Crippen molar-refractivity contribution in [1.29, 1.82) is 0 Å². The van der Waals surface area contributed by atoms with Crippen molar-refractivity contribution in [3.63, 3.8) is 0 Å². The van der Waals surface area contributed by atoms with Crippen LogP contribution in [0.2, 0.25) is 0 Å². The molecule has 3 rings (SSSR count). The van der Waals surface area contributed by atoms with E-state index in [0.29, 0.717) is 42.3 Å². The van der Waals surface area contributed by atoms with Crippen molar-refractivity contribution in [1.82, 2.24) is 19.4 Å². The molecule has 0 fully saturated rings. The topological polar surface area (TPSA) is 89.4 Å². The van der Waals surface area contributed by atoms with Crippen LogP contribution in [0, 0.1) is 0 Å². The van der Waals surface area contributed by atoms with E-state index in [-0.39, 0.29) is 11.6 Å². The van der Waals surface area contributed by atoms with Crippen molar-refractivity contribution in [2.75, 3.05) is 19.0 Å². The molecule has 0 spiro atoms. The molecular formula is C15H17N5O3. The van der Waals surface area contributed by atoms with E-state index in [1.807, 2.05) is 0 Å². The summed E-state index contributed by atoms with van der Waals surface area (Å²) in [4.78, 5) is 34.3. The normalized spacial score (nSPS) is 13.4. The van der Waals surface area contributed by atoms with Gasteiger partial charge in [-0.3, -0.25) is 4.79 Å². The zero-order valence-corrected chi connectivity index (χ0v) is 12.9. The number of nitrogens with zero attached hydrogens (tertiary/aromatic N) is 4. The smallest absolute Gasteiger partial charge is 0.322 e. The van der Waals surface area contributed by atoms with Gasteiger partial charge in [0.25, 0.3) is 5.56 Å². The molecule has 120 valence electrons. The maximum absolute atomic E-state index is 12.3. The lowest BCUT2D eigenvalue weighted by Gasteiger charge is -2.27. The number of aromatic nitrogens is 3. The number of hydrogen-bond donors (Lipinski definition) is 1. The Kier molecular flexibility index (Phi) is 3.96. The van der Waals surface area contributed by atoms with E-state index in [0.717, 1.165) is 0 Å². The van der Waals surface area contributed by atoms with Gasteiger partial charge in [-0.25, -0.2) is 14.8 Å². The Balaban J connectivity index is 1.71. The molecule has 0 radical (unpaired) electrons. The van der Waals surface area contributed by atoms with Crippen LogP contribution in [0.5, 0.6) is 5.88 Å². The number of amides is 2. The van der Waals surface area contributed by atoms with Gasteiger partial charge in [-0.05, 0) is 12.5 Å². The summed E-state index contributed by atoms with van der Waals surface area (Å²) in [6.07, 6.45) is 3.52. The third-order valence-corrected chi connectivity index (χ3v) is 3.77. The Labute approximate surface area is 132 Å². The second kappa shape index (κ2) is 6.07. The first kappa shape index (κ1) is 15.0. The Morgan fingerprint density at radius 1 is 1.35 bits per heavy atom. The second-order valence-electron chi connectivity index (χ2n) is 5.28. The maximum Gasteiger partial charge on any atom is 0.322 e. The fourth-order valence-electron chi connectivity index (χ4n) is 2.47. The number of anilines is 1. The van der Waals surface area contributed by atoms with Gasteiger partial charge in [0.1, 0.15) is 0 Å². The summed E-state index contributed by atoms with van der Waals surface area (Å²) in [7, 11) is 3.20. The van der Waals surface area contributed by atoms with E-state index >= 15 is 0 Å². The zero-order chi connectivity index (χ0) is 16.4. The molecule has 0 saturated carbocycles. The standard InChI is InChI=1S/C15H17N5O3/c1-19-9-17-12-8-20(6-5-11(12)14(19)21)15(22)18-10-3-4-13(23-2)16-7-10/h3-4,7,9H,5-6,8H2,1-2H3,(H,18,22). The minimum Gasteiger partial charge on any atom is -0.481 e. The predicted molar refractivity (Wildman–Crippen MR) is 83.4 cm³/mol. The molecule has 0 bridgehead atoms. The van der Waals surface area contributed by atoms with E-state index in [4.69, 9.17) is 4.74 Å². The highest BCUT2D eigenvalue weighted by atomic mass is 16.5. The largest absolute Gasteiger partial charge is 0.481 e. The third-order valence-electron chi connectivity index (χ3n) is 3.77. The SMILES string of the molecule is COc1ccc(NC(=O)N2CCc3c(ncn(C)c3=O)C2)cn1. The van der Waals surface area contributed by atoms with Crippen LogP contribution in [0.25, 0.3) is 0 Å². The van der Waals surface area contributed by atoms with Gasteiger partial charge in [-0.2, -0.15) is 0 Å². The van der Waals surface area contributed by atoms with Crippen LogP contribution < -0.4 is 15.6 Å². The summed E-state index contributed by atoms with van der Waals surface area (Å²) >= 11 is 0. The number of carbonyl (C=O) groups is 1. The van der Waals surface area contributed by atoms with E-state index < -0.39 is 0 Å². The first-order valence-electron chi connectivity index (χ1n) is 7.18. The zero-order valence-electron chi connectivity index (χ0n) is 12.9. The lowest BCUT2D eigenvalue weighted by atomic mass is 10.1. The first-order chi connectivity index (χ1) is 11.1. The van der Waals surface area contributed by atoms with Gasteiger partial charge in [-0.1, -0.05) is 0 Å². The van der Waals surface area contributed by atoms with Gasteiger partial charge in [-0.15, -0.1) is 0 Å². The molecule has 23 heavy (non-hydrogen) atoms. The van der Waals surface area contributed by atoms with Crippen LogP contribution in [0.3, 0.4) is 0 Å². The van der Waals surface area contributed by atoms with Crippen LogP contribution in [0.15, 0.2) is 29.5 Å². The number of pyridine rings is 1. The molecule has 0 unspecified atom stereocenters. The Hall–Kier alpha value is -2.90. The van der Waals surface area contributed by atoms with Crippen molar-refractivity contribution in [3.8, 4) is 5.88 Å². The number of rotatable bonds is 2. The van der Waals surface area contributed by atoms with Crippen molar-refractivity contribution in [3.05, 3.63) is 46.3 Å². The highest BCUT2D eigenvalue weighted by molar-refractivity contribution is 5.89. The van der Waals surface area contributed by atoms with Crippen LogP contribution in [0.4, 0.5) is 10.5 Å². The number of aryl methyl sites for hydroxylation is 1. The maximum atomic E-state index is 12.3. The molecule has 2 aromatic heterocycles. The minimum atomic E-state index is -0.245. The molecule has 1 aliphatic rings. The average Bonchev–Trinajstić information content (AvgIpc) is 2.58. The molecule has 0 aliphatic carbocycles. The number of carbonyl (C=O) groups excluding carboxylic acids is 1. The van der Waals surface area contributed by atoms with E-state index in [1.165, 1.54) is 24.2 Å². The van der Waals surface area contributed by atoms with Crippen molar-refractivity contribution in [2.45, 2.75) is 13.0 Å². The predicted octanol–water partition coefficient (Wildman–Crippen LogP) is 0.774. The molecule has 0 saturated heterocycles. The summed E-state index contributed by atoms with van der Waals surface area (Å²) < 4.78 is 6.43. The van der Waals surface area contributed by atoms with Crippen molar-refractivity contribution >= 4 is 11.7 Å². The van der Waals surface area contributed by atoms with Crippen LogP contribution in [0.1, 0.15) is 11.3 Å². The molecule has 8 nitrogen and oxygen atoms in total. The number of nitrogens with one attached hydrogen (secondary N) is 1. The van der Waals surface area contributed by atoms with Crippen molar-refractivity contribution < 1.29 is 9.53 Å². The lowest BCUT2D eigenvalue weighted by Crippen LogP contribution is -2.42. The molecule has 0 atom stereocenters. The van der Waals surface area contributed by atoms with Gasteiger partial charge >= 0.3 is 6.03 Å². The van der Waals surface area contributed by atoms with Gasteiger partial charge in [0.15, 0.2) is 0 Å². The van der Waals surface area contributed by atoms with Crippen LogP contribution >= 0.6 is 0 Å². The van der Waals surface area contributed by atoms with Gasteiger partial charge in [0.2, 0.25) is 5.88 Å². The van der Waals surface area contributed by atoms with E-state index in [9.17, 15) is 9.59 Å². The third kappa shape index (κ3) is 3.01. The molecule has 1 N–H and O–H groups in total. The number of hydrogen-bond acceptors (Lipinski definition) is 5. The summed E-state index contributed by atoms with van der Waals surface area (Å²) in [6, 6.07) is 3.15. The number of fused-ring (bicyclic) bond motifs is 1. The fraction of sp³-hybridized carbons (Fsp3) is 0.333. The average molecular weight is 315 g/mol. The monoisotopic (exact) mass is 315 g/mol. The highest BCUT2D eigenvalue weighted by Crippen LogP contribution is 2.16. The Morgan fingerprint density at radius 2 is 2.17 bits per heavy atom. The lowest BCUT2D eigenvalue weighted by molar-refractivity contribution is 0.205. The molecule has 2 aromatic rings. The molecule has 2 amide bonds. The minimum absolute atomic E-state index is 0.0468. The summed E-state index contributed by atoms with van der Waals surface area (Å²) in [6.45, 7) is 0.796. The molecule has 8 heteroatoms. The summed E-state index contributed by atoms with van der Waals surface area (Å²) in [5.74, 6) is 0.481. The Bertz CT molecular complexity index is 785. The highest BCUT2D eigenvalue weighted by Gasteiger charge is 2.24. The molecule has 0 aromatic carbocycles. The van der Waals surface area contributed by atoms with Gasteiger partial charge < -0.3 is 19.5 Å². The Morgan fingerprint density at radius 3 is 2.87 bits per heavy atom. The number of urea groups is 1. The van der Waals surface area contributed by atoms with Crippen molar-refractivity contribution in [2.24, 2.45) is 7.05 Å². The van der Waals surface area contributed by atoms with Gasteiger partial charge in [0, 0.05) is 25.2 Å². The van der Waals surface area contributed by atoms with Gasteiger partial charge in [0.05, 0.1) is 37.6 Å². The fourth-order valence-corrected chi connectivity index (χ4v) is 2.47. The first-order valence-corrected chi connectivity index (χ1v) is 7.18. The van der Waals surface area contributed by atoms with Crippen LogP contribution in [-0.4, -0.2) is 39.1 Å².